The van der Waals surface area contributed by atoms with Crippen LogP contribution in [0.15, 0.2) is 23.2 Å². The van der Waals surface area contributed by atoms with E-state index < -0.39 is 5.82 Å². The minimum atomic E-state index is -0.407. The third-order valence-corrected chi connectivity index (χ3v) is 3.14. The Labute approximate surface area is 143 Å². The van der Waals surface area contributed by atoms with Gasteiger partial charge in [-0.2, -0.15) is 5.26 Å². The van der Waals surface area contributed by atoms with Crippen molar-refractivity contribution in [2.24, 2.45) is 10.9 Å². The van der Waals surface area contributed by atoms with Crippen LogP contribution < -0.4 is 10.6 Å². The average Bonchev–Trinajstić information content (AvgIpc) is 2.56. The van der Waals surface area contributed by atoms with Gasteiger partial charge in [0.25, 0.3) is 0 Å². The molecule has 0 amide bonds. The Kier molecular flexibility index (Phi) is 9.47. The molecule has 1 aromatic carbocycles. The number of rotatable bonds is 9. The fourth-order valence-electron chi connectivity index (χ4n) is 1.95. The molecule has 5 nitrogen and oxygen atoms in total. The van der Waals surface area contributed by atoms with Gasteiger partial charge in [0.05, 0.1) is 18.2 Å². The lowest BCUT2D eigenvalue weighted by Gasteiger charge is -2.12. The van der Waals surface area contributed by atoms with Crippen molar-refractivity contribution in [2.45, 2.75) is 33.7 Å². The van der Waals surface area contributed by atoms with Gasteiger partial charge >= 0.3 is 0 Å². The van der Waals surface area contributed by atoms with Crippen LogP contribution in [0.2, 0.25) is 0 Å². The molecule has 6 heteroatoms. The molecule has 0 aliphatic heterocycles. The van der Waals surface area contributed by atoms with Gasteiger partial charge < -0.3 is 15.4 Å². The molecule has 24 heavy (non-hydrogen) atoms. The fourth-order valence-corrected chi connectivity index (χ4v) is 1.95. The summed E-state index contributed by atoms with van der Waals surface area (Å²) < 4.78 is 19.4. The summed E-state index contributed by atoms with van der Waals surface area (Å²) >= 11 is 0. The molecule has 0 saturated carbocycles. The molecule has 1 aromatic rings. The normalized spacial score (nSPS) is 11.4. The van der Waals surface area contributed by atoms with E-state index in [2.05, 4.69) is 29.5 Å². The van der Waals surface area contributed by atoms with Crippen LogP contribution in [0.4, 0.5) is 4.39 Å². The summed E-state index contributed by atoms with van der Waals surface area (Å²) in [6.45, 7) is 9.38. The van der Waals surface area contributed by atoms with Crippen molar-refractivity contribution in [1.29, 1.82) is 5.26 Å². The molecule has 0 heterocycles. The van der Waals surface area contributed by atoms with Crippen molar-refractivity contribution in [3.8, 4) is 6.07 Å². The number of hydrogen-bond donors (Lipinski definition) is 2. The number of nitrogens with zero attached hydrogens (tertiary/aromatic N) is 2. The second-order valence-electron chi connectivity index (χ2n) is 5.86. The summed E-state index contributed by atoms with van der Waals surface area (Å²) in [7, 11) is 0. The Morgan fingerprint density at radius 2 is 2.17 bits per heavy atom. The number of benzene rings is 1. The Hall–Kier alpha value is -2.13. The molecule has 0 saturated heterocycles. The van der Waals surface area contributed by atoms with Crippen LogP contribution in [-0.2, 0) is 11.3 Å². The number of guanidine groups is 1. The van der Waals surface area contributed by atoms with E-state index in [4.69, 9.17) is 10.00 Å². The number of aliphatic imine (C=N–C) groups is 1. The van der Waals surface area contributed by atoms with E-state index in [-0.39, 0.29) is 6.54 Å². The molecule has 1 rings (SSSR count). The van der Waals surface area contributed by atoms with E-state index in [1.807, 2.05) is 13.0 Å². The highest BCUT2D eigenvalue weighted by atomic mass is 19.1. The Morgan fingerprint density at radius 1 is 1.38 bits per heavy atom. The average molecular weight is 334 g/mol. The maximum absolute atomic E-state index is 13.9. The number of ether oxygens (including phenoxy) is 1. The number of nitriles is 1. The molecule has 0 aromatic heterocycles. The zero-order valence-electron chi connectivity index (χ0n) is 14.7. The van der Waals surface area contributed by atoms with Crippen LogP contribution in [0, 0.1) is 23.1 Å². The number of halogens is 1. The molecule has 0 aliphatic carbocycles. The molecule has 0 fully saturated rings. The van der Waals surface area contributed by atoms with Crippen molar-refractivity contribution in [2.75, 3.05) is 26.3 Å². The van der Waals surface area contributed by atoms with Gasteiger partial charge in [0.15, 0.2) is 5.96 Å². The smallest absolute Gasteiger partial charge is 0.191 e. The van der Waals surface area contributed by atoms with Gasteiger partial charge in [-0.25, -0.2) is 9.38 Å². The van der Waals surface area contributed by atoms with E-state index in [9.17, 15) is 4.39 Å². The van der Waals surface area contributed by atoms with Crippen LogP contribution in [-0.4, -0.2) is 32.3 Å². The Bertz CT molecular complexity index is 567. The van der Waals surface area contributed by atoms with Crippen LogP contribution in [0.1, 0.15) is 38.3 Å². The summed E-state index contributed by atoms with van der Waals surface area (Å²) in [6.07, 6.45) is 0.877. The maximum atomic E-state index is 13.9. The van der Waals surface area contributed by atoms with Gasteiger partial charge in [-0.15, -0.1) is 0 Å². The maximum Gasteiger partial charge on any atom is 0.191 e. The van der Waals surface area contributed by atoms with Gasteiger partial charge in [0.2, 0.25) is 0 Å². The first kappa shape index (κ1) is 19.9. The zero-order valence-corrected chi connectivity index (χ0v) is 14.7. The van der Waals surface area contributed by atoms with Gasteiger partial charge in [-0.3, -0.25) is 0 Å². The first-order chi connectivity index (χ1) is 11.6. The van der Waals surface area contributed by atoms with Crippen LogP contribution in [0.3, 0.4) is 0 Å². The SMILES string of the molecule is CCNC(=NCc1ccc(C#N)cc1F)NCCCOCC(C)C. The standard InChI is InChI=1S/C18H27FN4O/c1-4-21-18(22-8-5-9-24-13-14(2)3)23-12-16-7-6-15(11-20)10-17(16)19/h6-7,10,14H,4-5,8-9,12-13H2,1-3H3,(H2,21,22,23). The fraction of sp³-hybridized carbons (Fsp3) is 0.556. The second-order valence-corrected chi connectivity index (χ2v) is 5.86. The molecule has 2 N–H and O–H groups in total. The molecule has 132 valence electrons. The highest BCUT2D eigenvalue weighted by Gasteiger charge is 2.04. The molecular formula is C18H27FN4O. The van der Waals surface area contributed by atoms with E-state index in [1.54, 1.807) is 12.1 Å². The molecule has 0 spiro atoms. The molecule has 0 aliphatic rings. The summed E-state index contributed by atoms with van der Waals surface area (Å²) in [5.74, 6) is 0.778. The van der Waals surface area contributed by atoms with Crippen molar-refractivity contribution in [3.05, 3.63) is 35.1 Å². The first-order valence-corrected chi connectivity index (χ1v) is 8.35. The number of nitrogens with one attached hydrogen (secondary N) is 2. The van der Waals surface area contributed by atoms with Crippen molar-refractivity contribution >= 4 is 5.96 Å². The van der Waals surface area contributed by atoms with Crippen molar-refractivity contribution < 1.29 is 9.13 Å². The predicted octanol–water partition coefficient (Wildman–Crippen LogP) is 2.82. The van der Waals surface area contributed by atoms with Gasteiger partial charge in [0.1, 0.15) is 5.82 Å². The molecule has 0 bridgehead atoms. The van der Waals surface area contributed by atoms with Crippen LogP contribution in [0.25, 0.3) is 0 Å². The third-order valence-electron chi connectivity index (χ3n) is 3.14. The topological polar surface area (TPSA) is 69.4 Å². The van der Waals surface area contributed by atoms with E-state index in [0.29, 0.717) is 29.6 Å². The van der Waals surface area contributed by atoms with E-state index in [1.165, 1.54) is 6.07 Å². The van der Waals surface area contributed by atoms with E-state index in [0.717, 1.165) is 26.1 Å². The highest BCUT2D eigenvalue weighted by molar-refractivity contribution is 5.79. The molecule has 0 radical (unpaired) electrons. The van der Waals surface area contributed by atoms with Gasteiger partial charge in [-0.05, 0) is 31.4 Å². The summed E-state index contributed by atoms with van der Waals surface area (Å²) in [5.41, 5.74) is 0.776. The molecule has 0 unspecified atom stereocenters. The quantitative estimate of drug-likeness (QED) is 0.414. The number of hydrogen-bond acceptors (Lipinski definition) is 3. The Balaban J connectivity index is 2.46. The zero-order chi connectivity index (χ0) is 17.8. The second kappa shape index (κ2) is 11.4. The summed E-state index contributed by atoms with van der Waals surface area (Å²) in [6, 6.07) is 6.35. The van der Waals surface area contributed by atoms with Crippen LogP contribution >= 0.6 is 0 Å². The first-order valence-electron chi connectivity index (χ1n) is 8.35. The lowest BCUT2D eigenvalue weighted by Crippen LogP contribution is -2.38. The molecule has 0 atom stereocenters. The Morgan fingerprint density at radius 3 is 2.79 bits per heavy atom. The van der Waals surface area contributed by atoms with Crippen molar-refractivity contribution in [1.82, 2.24) is 10.6 Å². The lowest BCUT2D eigenvalue weighted by atomic mass is 10.1. The van der Waals surface area contributed by atoms with Crippen LogP contribution in [0.5, 0.6) is 0 Å². The lowest BCUT2D eigenvalue weighted by molar-refractivity contribution is 0.108. The highest BCUT2D eigenvalue weighted by Crippen LogP contribution is 2.10. The minimum Gasteiger partial charge on any atom is -0.381 e. The summed E-state index contributed by atoms with van der Waals surface area (Å²) in [4.78, 5) is 4.38. The van der Waals surface area contributed by atoms with Crippen molar-refractivity contribution in [3.63, 3.8) is 0 Å². The van der Waals surface area contributed by atoms with Gasteiger partial charge in [-0.1, -0.05) is 19.9 Å². The van der Waals surface area contributed by atoms with E-state index >= 15 is 0 Å². The summed E-state index contributed by atoms with van der Waals surface area (Å²) in [5, 5.41) is 15.1. The monoisotopic (exact) mass is 334 g/mol. The molecular weight excluding hydrogens is 307 g/mol. The largest absolute Gasteiger partial charge is 0.381 e. The predicted molar refractivity (Wildman–Crippen MR) is 94.2 cm³/mol. The van der Waals surface area contributed by atoms with Gasteiger partial charge in [0, 0.05) is 31.9 Å². The minimum absolute atomic E-state index is 0.219. The third kappa shape index (κ3) is 7.93.